The van der Waals surface area contributed by atoms with Crippen LogP contribution in [0.4, 0.5) is 0 Å². The van der Waals surface area contributed by atoms with Crippen molar-refractivity contribution in [1.29, 1.82) is 0 Å². The molecule has 34 heavy (non-hydrogen) atoms. The van der Waals surface area contributed by atoms with E-state index in [-0.39, 0.29) is 10.6 Å². The van der Waals surface area contributed by atoms with E-state index in [0.29, 0.717) is 22.6 Å². The zero-order valence-electron chi connectivity index (χ0n) is 17.8. The Hall–Kier alpha value is -3.14. The van der Waals surface area contributed by atoms with Gasteiger partial charge < -0.3 is 19.3 Å². The maximum atomic E-state index is 14.3. The van der Waals surface area contributed by atoms with Crippen LogP contribution in [-0.4, -0.2) is 21.9 Å². The first kappa shape index (κ1) is 21.4. The minimum absolute atomic E-state index is 0.262. The van der Waals surface area contributed by atoms with Crippen molar-refractivity contribution in [3.05, 3.63) is 97.1 Å². The van der Waals surface area contributed by atoms with Crippen molar-refractivity contribution in [2.45, 2.75) is 11.7 Å². The number of hydrogen-bond acceptors (Lipinski definition) is 6. The third kappa shape index (κ3) is 2.97. The molecule has 6 rings (SSSR count). The van der Waals surface area contributed by atoms with Gasteiger partial charge in [0.05, 0.1) is 10.6 Å². The third-order valence-electron chi connectivity index (χ3n) is 6.27. The molecule has 170 valence electrons. The molecule has 0 saturated carbocycles. The monoisotopic (exact) mass is 490 g/mol. The molecule has 6 nitrogen and oxygen atoms in total. The number of aliphatic hydroxyl groups is 2. The van der Waals surface area contributed by atoms with E-state index in [1.54, 1.807) is 72.8 Å². The van der Waals surface area contributed by atoms with Gasteiger partial charge in [0.25, 0.3) is 0 Å². The number of rotatable bonds is 3. The highest BCUT2D eigenvalue weighted by molar-refractivity contribution is 7.72. The normalized spacial score (nSPS) is 23.7. The van der Waals surface area contributed by atoms with E-state index in [1.807, 2.05) is 24.3 Å². The highest BCUT2D eigenvalue weighted by atomic mass is 31.2. The van der Waals surface area contributed by atoms with Gasteiger partial charge in [0.15, 0.2) is 11.7 Å². The summed E-state index contributed by atoms with van der Waals surface area (Å²) in [5.41, 5.74) is 2.72. The lowest BCUT2D eigenvalue weighted by molar-refractivity contribution is 0.107. The first-order valence-electron chi connectivity index (χ1n) is 10.8. The number of aliphatic hydroxyl groups excluding tert-OH is 2. The van der Waals surface area contributed by atoms with Gasteiger partial charge in [-0.15, -0.1) is 0 Å². The molecule has 0 aromatic heterocycles. The second-order valence-electron chi connectivity index (χ2n) is 8.23. The van der Waals surface area contributed by atoms with Gasteiger partial charge in [-0.25, -0.2) is 0 Å². The molecule has 0 radical (unpaired) electrons. The Bertz CT molecular complexity index is 1420. The van der Waals surface area contributed by atoms with Gasteiger partial charge >= 0.3 is 14.7 Å². The van der Waals surface area contributed by atoms with Crippen LogP contribution >= 0.6 is 14.7 Å². The third-order valence-corrected chi connectivity index (χ3v) is 11.5. The van der Waals surface area contributed by atoms with E-state index >= 15 is 0 Å². The summed E-state index contributed by atoms with van der Waals surface area (Å²) < 4.78 is 40.4. The van der Waals surface area contributed by atoms with Crippen LogP contribution in [0.1, 0.15) is 0 Å². The maximum Gasteiger partial charge on any atom is 0.308 e. The highest BCUT2D eigenvalue weighted by Crippen LogP contribution is 2.65. The molecular weight excluding hydrogens is 470 g/mol. The zero-order valence-corrected chi connectivity index (χ0v) is 19.6. The zero-order chi connectivity index (χ0) is 23.5. The van der Waals surface area contributed by atoms with Gasteiger partial charge in [-0.3, -0.25) is 9.13 Å². The molecule has 0 aliphatic carbocycles. The highest BCUT2D eigenvalue weighted by Gasteiger charge is 2.54. The molecule has 0 bridgehead atoms. The second kappa shape index (κ2) is 7.69. The fourth-order valence-electron chi connectivity index (χ4n) is 4.62. The molecule has 4 unspecified atom stereocenters. The van der Waals surface area contributed by atoms with Crippen molar-refractivity contribution in [2.24, 2.45) is 0 Å². The Balaban J connectivity index is 1.48. The molecule has 0 saturated heterocycles. The molecular formula is C26H20O6P2. The average Bonchev–Trinajstić information content (AvgIpc) is 2.88. The summed E-state index contributed by atoms with van der Waals surface area (Å²) in [4.78, 5) is 0. The van der Waals surface area contributed by atoms with Crippen molar-refractivity contribution in [1.82, 2.24) is 0 Å². The van der Waals surface area contributed by atoms with Crippen LogP contribution in [-0.2, 0) is 9.13 Å². The smallest absolute Gasteiger partial charge is 0.308 e. The molecule has 2 aliphatic rings. The molecule has 8 heteroatoms. The molecule has 2 N–H and O–H groups in total. The summed E-state index contributed by atoms with van der Waals surface area (Å²) in [7, 11) is -8.27. The van der Waals surface area contributed by atoms with Gasteiger partial charge in [0.2, 0.25) is 0 Å². The molecule has 2 heterocycles. The van der Waals surface area contributed by atoms with Gasteiger partial charge in [0.1, 0.15) is 11.5 Å². The first-order valence-corrected chi connectivity index (χ1v) is 14.1. The Labute approximate surface area is 196 Å². The van der Waals surface area contributed by atoms with Crippen LogP contribution in [0.2, 0.25) is 0 Å². The summed E-state index contributed by atoms with van der Waals surface area (Å²) in [6.45, 7) is 0. The molecule has 0 spiro atoms. The van der Waals surface area contributed by atoms with Crippen molar-refractivity contribution >= 4 is 25.3 Å². The van der Waals surface area contributed by atoms with Crippen LogP contribution in [0, 0.1) is 0 Å². The molecule has 0 fully saturated rings. The second-order valence-corrected chi connectivity index (χ2v) is 13.0. The summed E-state index contributed by atoms with van der Waals surface area (Å²) in [5.74, 6) is -3.34. The molecule has 0 amide bonds. The summed E-state index contributed by atoms with van der Waals surface area (Å²) in [5, 5.41) is 23.3. The largest absolute Gasteiger partial charge is 0.437 e. The molecule has 4 aromatic rings. The quantitative estimate of drug-likeness (QED) is 0.395. The van der Waals surface area contributed by atoms with Crippen LogP contribution in [0.15, 0.2) is 97.1 Å². The number of hydrogen-bond donors (Lipinski definition) is 2. The van der Waals surface area contributed by atoms with Crippen LogP contribution in [0.5, 0.6) is 11.5 Å². The summed E-state index contributed by atoms with van der Waals surface area (Å²) >= 11 is 0. The van der Waals surface area contributed by atoms with E-state index in [2.05, 4.69) is 0 Å². The SMILES string of the molecule is O=P1(C(O)C(O)P2(=O)Oc3ccccc3-c3ccccc32)Oc2ccccc2-c2ccccc21. The Kier molecular flexibility index (Phi) is 4.84. The van der Waals surface area contributed by atoms with Gasteiger partial charge in [0, 0.05) is 11.1 Å². The molecule has 2 aliphatic heterocycles. The predicted octanol–water partition coefficient (Wildman–Crippen LogP) is 4.95. The fraction of sp³-hybridized carbons (Fsp3) is 0.0769. The van der Waals surface area contributed by atoms with Crippen LogP contribution in [0.3, 0.4) is 0 Å². The number of para-hydroxylation sites is 2. The van der Waals surface area contributed by atoms with E-state index in [1.165, 1.54) is 0 Å². The van der Waals surface area contributed by atoms with Gasteiger partial charge in [-0.05, 0) is 35.4 Å². The standard InChI is InChI=1S/C26H20O6P2/c27-25(33(29)23-15-7-3-11-19(23)17-9-1-5-13-21(17)31-33)26(28)34(30)24-16-8-4-12-20(24)18-10-2-6-14-22(18)32-34/h1-16,25-28H. The molecule has 4 aromatic carbocycles. The van der Waals surface area contributed by atoms with E-state index in [4.69, 9.17) is 9.05 Å². The fourth-order valence-corrected chi connectivity index (χ4v) is 9.91. The lowest BCUT2D eigenvalue weighted by Gasteiger charge is -2.37. The van der Waals surface area contributed by atoms with E-state index in [0.717, 1.165) is 11.1 Å². The van der Waals surface area contributed by atoms with Crippen LogP contribution in [0.25, 0.3) is 22.3 Å². The van der Waals surface area contributed by atoms with Crippen molar-refractivity contribution in [3.8, 4) is 33.8 Å². The van der Waals surface area contributed by atoms with Crippen molar-refractivity contribution in [3.63, 3.8) is 0 Å². The minimum Gasteiger partial charge on any atom is -0.437 e. The van der Waals surface area contributed by atoms with E-state index < -0.39 is 26.4 Å². The maximum absolute atomic E-state index is 14.3. The molecule has 4 atom stereocenters. The Morgan fingerprint density at radius 3 is 1.24 bits per heavy atom. The van der Waals surface area contributed by atoms with Gasteiger partial charge in [-0.1, -0.05) is 72.8 Å². The minimum atomic E-state index is -4.14. The predicted molar refractivity (Wildman–Crippen MR) is 132 cm³/mol. The number of benzene rings is 4. The van der Waals surface area contributed by atoms with Gasteiger partial charge in [-0.2, -0.15) is 0 Å². The topological polar surface area (TPSA) is 93.1 Å². The number of fused-ring (bicyclic) bond motifs is 6. The summed E-state index contributed by atoms with van der Waals surface area (Å²) in [6.07, 6.45) is 0. The van der Waals surface area contributed by atoms with Crippen molar-refractivity contribution in [2.75, 3.05) is 0 Å². The van der Waals surface area contributed by atoms with Crippen LogP contribution < -0.4 is 19.7 Å². The Morgan fingerprint density at radius 1 is 0.500 bits per heavy atom. The Morgan fingerprint density at radius 2 is 0.824 bits per heavy atom. The lowest BCUT2D eigenvalue weighted by atomic mass is 10.0. The average molecular weight is 490 g/mol. The lowest BCUT2D eigenvalue weighted by Crippen LogP contribution is -2.38. The van der Waals surface area contributed by atoms with Crippen molar-refractivity contribution < 1.29 is 28.4 Å². The summed E-state index contributed by atoms with van der Waals surface area (Å²) in [6, 6.07) is 27.9. The first-order chi connectivity index (χ1) is 16.4. The van der Waals surface area contributed by atoms with E-state index in [9.17, 15) is 19.3 Å².